The second-order valence-electron chi connectivity index (χ2n) is 16.6. The highest BCUT2D eigenvalue weighted by molar-refractivity contribution is 7.89. The van der Waals surface area contributed by atoms with Crippen LogP contribution in [-0.2, 0) is 58.8 Å². The van der Waals surface area contributed by atoms with E-state index in [4.69, 9.17) is 9.47 Å². The van der Waals surface area contributed by atoms with Crippen molar-refractivity contribution in [3.63, 3.8) is 0 Å². The van der Waals surface area contributed by atoms with Crippen LogP contribution in [0.3, 0.4) is 0 Å². The van der Waals surface area contributed by atoms with Crippen LogP contribution in [0.5, 0.6) is 0 Å². The van der Waals surface area contributed by atoms with Crippen LogP contribution in [0.2, 0.25) is 0 Å². The Morgan fingerprint density at radius 2 is 1.50 bits per heavy atom. The number of aryl methyl sites for hydroxylation is 5. The van der Waals surface area contributed by atoms with Gasteiger partial charge in [0.15, 0.2) is 0 Å². The Hall–Kier alpha value is -6.16. The lowest BCUT2D eigenvalue weighted by molar-refractivity contribution is -0.142. The van der Waals surface area contributed by atoms with E-state index in [1.165, 1.54) is 6.20 Å². The summed E-state index contributed by atoms with van der Waals surface area (Å²) < 4.78 is 43.5. The van der Waals surface area contributed by atoms with Crippen molar-refractivity contribution in [2.75, 3.05) is 58.9 Å². The maximum Gasteiger partial charge on any atom is 0.325 e. The number of pyridine rings is 1. The number of carbonyl (C=O) groups is 5. The van der Waals surface area contributed by atoms with E-state index < -0.39 is 39.9 Å². The summed E-state index contributed by atoms with van der Waals surface area (Å²) in [7, 11) is 0.457. The van der Waals surface area contributed by atoms with Crippen molar-refractivity contribution in [1.82, 2.24) is 45.4 Å². The van der Waals surface area contributed by atoms with Crippen LogP contribution in [0.1, 0.15) is 84.5 Å². The minimum absolute atomic E-state index is 0.000535. The number of methoxy groups -OCH3 is 1. The summed E-state index contributed by atoms with van der Waals surface area (Å²) in [5, 5.41) is 17.6. The van der Waals surface area contributed by atoms with Crippen molar-refractivity contribution in [1.29, 1.82) is 0 Å². The molecule has 0 saturated heterocycles. The number of imidazole rings is 1. The van der Waals surface area contributed by atoms with Crippen LogP contribution in [0.15, 0.2) is 58.6 Å². The Morgan fingerprint density at radius 3 is 2.10 bits per heavy atom. The lowest BCUT2D eigenvalue weighted by atomic mass is 10.1. The van der Waals surface area contributed by atoms with Gasteiger partial charge in [0, 0.05) is 96.3 Å². The van der Waals surface area contributed by atoms with E-state index in [9.17, 15) is 37.2 Å². The predicted molar refractivity (Wildman–Crippen MR) is 259 cm³/mol. The number of ether oxygens (including phenoxy) is 2. The lowest BCUT2D eigenvalue weighted by Gasteiger charge is -2.20. The molecule has 4 rings (SSSR count). The highest BCUT2D eigenvalue weighted by Crippen LogP contribution is 2.22. The topological polar surface area (TPSA) is 262 Å². The molecule has 20 nitrogen and oxygen atoms in total. The van der Waals surface area contributed by atoms with Gasteiger partial charge >= 0.3 is 5.97 Å². The smallest absolute Gasteiger partial charge is 0.325 e. The van der Waals surface area contributed by atoms with E-state index in [0.717, 1.165) is 31.1 Å². The molecule has 4 amide bonds. The third kappa shape index (κ3) is 16.3. The first-order chi connectivity index (χ1) is 32.5. The fourth-order valence-electron chi connectivity index (χ4n) is 7.64. The summed E-state index contributed by atoms with van der Waals surface area (Å²) in [5.74, 6) is -1.75. The number of anilines is 1. The van der Waals surface area contributed by atoms with Gasteiger partial charge in [-0.05, 0) is 82.3 Å². The molecule has 2 aromatic carbocycles. The second-order valence-corrected chi connectivity index (χ2v) is 18.2. The molecule has 0 aliphatic rings. The number of hydrogen-bond acceptors (Lipinski definition) is 13. The summed E-state index contributed by atoms with van der Waals surface area (Å²) in [6, 6.07) is 6.90. The van der Waals surface area contributed by atoms with Crippen LogP contribution in [-0.4, -0.2) is 118 Å². The van der Waals surface area contributed by atoms with E-state index in [-0.39, 0.29) is 65.5 Å². The second kappa shape index (κ2) is 27.0. The van der Waals surface area contributed by atoms with Crippen molar-refractivity contribution < 1.29 is 41.9 Å². The van der Waals surface area contributed by atoms with E-state index >= 15 is 0 Å². The van der Waals surface area contributed by atoms with E-state index in [2.05, 4.69) is 41.6 Å². The molecular weight excluding hydrogens is 897 g/mol. The zero-order valence-corrected chi connectivity index (χ0v) is 41.0. The third-order valence-electron chi connectivity index (χ3n) is 11.1. The molecule has 21 heteroatoms. The number of nitrogens with one attached hydrogen (secondary N) is 7. The van der Waals surface area contributed by atoms with Gasteiger partial charge in [-0.15, -0.1) is 0 Å². The zero-order valence-electron chi connectivity index (χ0n) is 40.2. The quantitative estimate of drug-likeness (QED) is 0.0305. The molecule has 0 fully saturated rings. The molecule has 0 aliphatic heterocycles. The minimum atomic E-state index is -4.26. The van der Waals surface area contributed by atoms with Crippen molar-refractivity contribution >= 4 is 56.5 Å². The molecule has 2 aromatic heterocycles. The molecule has 2 atom stereocenters. The van der Waals surface area contributed by atoms with Gasteiger partial charge < -0.3 is 50.5 Å². The average molecular weight is 965 g/mol. The number of hydrogen-bond donors (Lipinski definition) is 7. The fourth-order valence-corrected chi connectivity index (χ4v) is 9.28. The van der Waals surface area contributed by atoms with Gasteiger partial charge in [-0.2, -0.15) is 4.72 Å². The highest BCUT2D eigenvalue weighted by atomic mass is 32.2. The largest absolute Gasteiger partial charge is 0.468 e. The van der Waals surface area contributed by atoms with Gasteiger partial charge in [0.25, 0.3) is 5.91 Å². The molecule has 0 saturated carbocycles. The van der Waals surface area contributed by atoms with E-state index in [0.29, 0.717) is 74.7 Å². The van der Waals surface area contributed by atoms with Gasteiger partial charge in [-0.25, -0.2) is 13.4 Å². The van der Waals surface area contributed by atoms with Crippen molar-refractivity contribution in [3.05, 3.63) is 87.0 Å². The number of aromatic nitrogens is 3. The molecule has 68 heavy (non-hydrogen) atoms. The molecule has 0 bridgehead atoms. The number of likely N-dealkylation sites (N-methyl/N-ethyl adjacent to an activating group) is 1. The predicted octanol–water partition coefficient (Wildman–Crippen LogP) is 2.23. The van der Waals surface area contributed by atoms with E-state index in [1.54, 1.807) is 62.1 Å². The van der Waals surface area contributed by atoms with Gasteiger partial charge in [0.05, 0.1) is 23.6 Å². The van der Waals surface area contributed by atoms with Gasteiger partial charge in [-0.3, -0.25) is 28.8 Å². The summed E-state index contributed by atoms with van der Waals surface area (Å²) in [6.07, 6.45) is 8.18. The molecule has 0 spiro atoms. The number of fused-ring (bicyclic) bond motifs is 1. The number of rotatable bonds is 29. The monoisotopic (exact) mass is 964 g/mol. The maximum absolute atomic E-state index is 13.9. The maximum atomic E-state index is 13.9. The van der Waals surface area contributed by atoms with Crippen LogP contribution in [0.25, 0.3) is 10.9 Å². The molecule has 372 valence electrons. The minimum Gasteiger partial charge on any atom is -0.468 e. The highest BCUT2D eigenvalue weighted by Gasteiger charge is 2.30. The molecule has 0 radical (unpaired) electrons. The number of benzene rings is 2. The van der Waals surface area contributed by atoms with Crippen LogP contribution in [0, 0.1) is 20.8 Å². The molecule has 7 N–H and O–H groups in total. The van der Waals surface area contributed by atoms with Gasteiger partial charge in [-0.1, -0.05) is 37.1 Å². The third-order valence-corrected chi connectivity index (χ3v) is 12.8. The summed E-state index contributed by atoms with van der Waals surface area (Å²) >= 11 is 0. The first-order valence-corrected chi connectivity index (χ1v) is 24.4. The Kier molecular flexibility index (Phi) is 21.6. The standard InChI is InChI=1S/C47H68N10O10S/c1-8-12-37(48-5)45(62)51-19-11-24-67-23-10-18-50-41(59)16-15-40(58)49-17-9-21-57-30-36(42(60)35-14-13-34(27-39(35)57)28-54-47-52-20-22-56(47)6)44(61)53-29-38(46(63)66-7)55-68(64,65)43-32(3)25-31(2)26-33(43)4/h13-14,20,22,25-27,30,37-38,48,55H,8-12,15-19,21,23-24,28-29H2,1-7H3,(H,49,58)(H,50,59)(H,51,62)(H,52,54)(H,53,61). The Morgan fingerprint density at radius 1 is 0.853 bits per heavy atom. The number of sulfonamides is 1. The first-order valence-electron chi connectivity index (χ1n) is 22.9. The summed E-state index contributed by atoms with van der Waals surface area (Å²) in [4.78, 5) is 82.1. The normalized spacial score (nSPS) is 12.3. The van der Waals surface area contributed by atoms with Gasteiger partial charge in [0.1, 0.15) is 11.6 Å². The SMILES string of the molecule is CCCC(NC)C(=O)NCCCOCCCNC(=O)CCC(=O)NCCCn1cc(C(=O)NCC(NS(=O)(=O)c2c(C)cc(C)cc2C)C(=O)OC)c(=O)c2ccc(CNc3nccn3C)cc21. The van der Waals surface area contributed by atoms with Gasteiger partial charge in [0.2, 0.25) is 39.1 Å². The molecule has 2 unspecified atom stereocenters. The number of amides is 4. The first kappa shape index (κ1) is 54.4. The number of esters is 1. The Bertz CT molecular complexity index is 2520. The number of nitrogens with zero attached hydrogens (tertiary/aromatic N) is 3. The Labute approximate surface area is 398 Å². The van der Waals surface area contributed by atoms with Crippen LogP contribution < -0.4 is 42.1 Å². The lowest BCUT2D eigenvalue weighted by Crippen LogP contribution is -2.49. The van der Waals surface area contributed by atoms with Crippen molar-refractivity contribution in [2.45, 2.75) is 103 Å². The fraction of sp³-hybridized carbons (Fsp3) is 0.511. The van der Waals surface area contributed by atoms with Crippen molar-refractivity contribution in [3.8, 4) is 0 Å². The van der Waals surface area contributed by atoms with Crippen LogP contribution >= 0.6 is 0 Å². The summed E-state index contributed by atoms with van der Waals surface area (Å²) in [6.45, 7) is 9.34. The molecule has 0 aliphatic carbocycles. The molecular formula is C47H68N10O10S. The molecule has 4 aromatic rings. The van der Waals surface area contributed by atoms with Crippen molar-refractivity contribution in [2.24, 2.45) is 7.05 Å². The summed E-state index contributed by atoms with van der Waals surface area (Å²) in [5.41, 5.74) is 2.33. The van der Waals surface area contributed by atoms with Crippen LogP contribution in [0.4, 0.5) is 5.95 Å². The molecule has 2 heterocycles. The average Bonchev–Trinajstić information content (AvgIpc) is 3.72. The zero-order chi connectivity index (χ0) is 49.8. The van der Waals surface area contributed by atoms with E-state index in [1.807, 2.05) is 31.5 Å². The number of carbonyl (C=O) groups excluding carboxylic acids is 5. The Balaban J connectivity index is 1.34.